The van der Waals surface area contributed by atoms with Gasteiger partial charge in [0.15, 0.2) is 0 Å². The summed E-state index contributed by atoms with van der Waals surface area (Å²) >= 11 is 3.38. The van der Waals surface area contributed by atoms with Gasteiger partial charge in [-0.05, 0) is 24.5 Å². The molecule has 6 heteroatoms. The molecule has 0 bridgehead atoms. The third kappa shape index (κ3) is 6.60. The van der Waals surface area contributed by atoms with Crippen LogP contribution in [-0.4, -0.2) is 29.8 Å². The minimum absolute atomic E-state index is 0.111. The Morgan fingerprint density at radius 2 is 1.91 bits per heavy atom. The van der Waals surface area contributed by atoms with Crippen LogP contribution in [0.4, 0.5) is 5.69 Å². The van der Waals surface area contributed by atoms with Gasteiger partial charge >= 0.3 is 0 Å². The van der Waals surface area contributed by atoms with Crippen LogP contribution in [0.15, 0.2) is 24.3 Å². The van der Waals surface area contributed by atoms with Crippen LogP contribution in [0.25, 0.3) is 0 Å². The summed E-state index contributed by atoms with van der Waals surface area (Å²) in [6, 6.07) is 7.28. The first-order valence-electron chi connectivity index (χ1n) is 7.69. The van der Waals surface area contributed by atoms with E-state index in [1.54, 1.807) is 12.1 Å². The second kappa shape index (κ2) is 8.91. The van der Waals surface area contributed by atoms with Gasteiger partial charge < -0.3 is 15.4 Å². The van der Waals surface area contributed by atoms with Crippen molar-refractivity contribution >= 4 is 33.4 Å². The fraction of sp³-hybridized carbons (Fsp3) is 0.529. The summed E-state index contributed by atoms with van der Waals surface area (Å²) in [7, 11) is 0. The van der Waals surface area contributed by atoms with Crippen LogP contribution in [0, 0.1) is 5.41 Å². The van der Waals surface area contributed by atoms with E-state index < -0.39 is 0 Å². The smallest absolute Gasteiger partial charge is 0.234 e. The first-order chi connectivity index (χ1) is 10.8. The number of anilines is 1. The largest absolute Gasteiger partial charge is 0.492 e. The van der Waals surface area contributed by atoms with Crippen molar-refractivity contribution in [3.63, 3.8) is 0 Å². The molecule has 0 saturated carbocycles. The van der Waals surface area contributed by atoms with Crippen molar-refractivity contribution in [1.29, 1.82) is 0 Å². The molecule has 0 heterocycles. The number of rotatable bonds is 7. The van der Waals surface area contributed by atoms with Crippen molar-refractivity contribution < 1.29 is 14.3 Å². The van der Waals surface area contributed by atoms with Gasteiger partial charge in [-0.1, -0.05) is 48.8 Å². The molecule has 2 amide bonds. The van der Waals surface area contributed by atoms with Crippen LogP contribution in [0.1, 0.15) is 34.1 Å². The lowest BCUT2D eigenvalue weighted by Crippen LogP contribution is -2.39. The molecule has 1 unspecified atom stereocenters. The third-order valence-corrected chi connectivity index (χ3v) is 4.89. The van der Waals surface area contributed by atoms with E-state index in [0.29, 0.717) is 24.6 Å². The van der Waals surface area contributed by atoms with Crippen molar-refractivity contribution in [3.8, 4) is 5.75 Å². The van der Waals surface area contributed by atoms with Gasteiger partial charge in [-0.25, -0.2) is 0 Å². The number of ether oxygens (including phenoxy) is 1. The van der Waals surface area contributed by atoms with Crippen LogP contribution in [0.5, 0.6) is 5.75 Å². The fourth-order valence-corrected chi connectivity index (χ4v) is 2.01. The molecule has 1 aromatic carbocycles. The van der Waals surface area contributed by atoms with E-state index in [1.165, 1.54) is 0 Å². The number of halogens is 1. The zero-order valence-corrected chi connectivity index (χ0v) is 15.7. The van der Waals surface area contributed by atoms with Crippen LogP contribution < -0.4 is 15.4 Å². The molecule has 0 saturated heterocycles. The maximum absolute atomic E-state index is 12.0. The lowest BCUT2D eigenvalue weighted by molar-refractivity contribution is -0.122. The Bertz CT molecular complexity index is 541. The molecule has 0 spiro atoms. The van der Waals surface area contributed by atoms with Gasteiger partial charge in [-0.3, -0.25) is 9.59 Å². The summed E-state index contributed by atoms with van der Waals surface area (Å²) in [4.78, 5) is 23.7. The van der Waals surface area contributed by atoms with E-state index in [9.17, 15) is 9.59 Å². The summed E-state index contributed by atoms with van der Waals surface area (Å²) in [5, 5.41) is 5.57. The average molecular weight is 385 g/mol. The van der Waals surface area contributed by atoms with E-state index in [1.807, 2.05) is 39.8 Å². The number of alkyl halides is 1. The van der Waals surface area contributed by atoms with Crippen molar-refractivity contribution in [2.24, 2.45) is 5.41 Å². The number of carbonyl (C=O) groups is 2. The number of carbonyl (C=O) groups excluding carboxylic acids is 2. The van der Waals surface area contributed by atoms with Gasteiger partial charge in [0.2, 0.25) is 11.8 Å². The van der Waals surface area contributed by atoms with E-state index in [0.717, 1.165) is 0 Å². The zero-order valence-electron chi connectivity index (χ0n) is 14.1. The second-order valence-corrected chi connectivity index (χ2v) is 7.16. The maximum atomic E-state index is 12.0. The highest BCUT2D eigenvalue weighted by atomic mass is 79.9. The first-order valence-corrected chi connectivity index (χ1v) is 8.60. The molecule has 2 N–H and O–H groups in total. The molecular formula is C17H25BrN2O3. The Labute approximate surface area is 146 Å². The number of benzene rings is 1. The van der Waals surface area contributed by atoms with Crippen molar-refractivity contribution in [2.75, 3.05) is 18.5 Å². The summed E-state index contributed by atoms with van der Waals surface area (Å²) in [6.45, 7) is 8.64. The summed E-state index contributed by atoms with van der Waals surface area (Å²) in [5.74, 6) is 0.361. The normalized spacial score (nSPS) is 12.4. The molecule has 0 aliphatic heterocycles. The van der Waals surface area contributed by atoms with Crippen molar-refractivity contribution in [3.05, 3.63) is 24.3 Å². The van der Waals surface area contributed by atoms with E-state index in [4.69, 9.17) is 4.74 Å². The standard InChI is InChI=1S/C17H25BrN2O3/c1-5-23-13-9-7-6-8-12(13)20-14(21)10-11-19-16(22)15(18)17(2,3)4/h6-9,15H,5,10-11H2,1-4H3,(H,19,22)(H,20,21). The molecule has 1 atom stereocenters. The topological polar surface area (TPSA) is 67.4 Å². The quantitative estimate of drug-likeness (QED) is 0.708. The van der Waals surface area contributed by atoms with E-state index >= 15 is 0 Å². The van der Waals surface area contributed by atoms with Gasteiger partial charge in [0, 0.05) is 13.0 Å². The third-order valence-electron chi connectivity index (χ3n) is 3.10. The molecular weight excluding hydrogens is 360 g/mol. The van der Waals surface area contributed by atoms with Crippen molar-refractivity contribution in [1.82, 2.24) is 5.32 Å². The number of nitrogens with one attached hydrogen (secondary N) is 2. The lowest BCUT2D eigenvalue weighted by Gasteiger charge is -2.24. The van der Waals surface area contributed by atoms with Gasteiger partial charge in [0.05, 0.1) is 17.1 Å². The Morgan fingerprint density at radius 1 is 1.26 bits per heavy atom. The predicted molar refractivity (Wildman–Crippen MR) is 96.0 cm³/mol. The van der Waals surface area contributed by atoms with E-state index in [-0.39, 0.29) is 28.5 Å². The molecule has 23 heavy (non-hydrogen) atoms. The molecule has 0 aliphatic carbocycles. The zero-order chi connectivity index (χ0) is 17.5. The average Bonchev–Trinajstić information content (AvgIpc) is 2.47. The number of hydrogen-bond acceptors (Lipinski definition) is 3. The van der Waals surface area contributed by atoms with Gasteiger partial charge in [-0.15, -0.1) is 0 Å². The molecule has 0 aromatic heterocycles. The Morgan fingerprint density at radius 3 is 2.52 bits per heavy atom. The fourth-order valence-electron chi connectivity index (χ4n) is 1.85. The molecule has 128 valence electrons. The summed E-state index contributed by atoms with van der Waals surface area (Å²) < 4.78 is 5.46. The van der Waals surface area contributed by atoms with Gasteiger partial charge in [-0.2, -0.15) is 0 Å². The molecule has 5 nitrogen and oxygen atoms in total. The summed E-state index contributed by atoms with van der Waals surface area (Å²) in [6.07, 6.45) is 0.204. The SMILES string of the molecule is CCOc1ccccc1NC(=O)CCNC(=O)C(Br)C(C)(C)C. The highest BCUT2D eigenvalue weighted by Gasteiger charge is 2.28. The van der Waals surface area contributed by atoms with Gasteiger partial charge in [0.25, 0.3) is 0 Å². The predicted octanol–water partition coefficient (Wildman–Crippen LogP) is 3.34. The van der Waals surface area contributed by atoms with Crippen molar-refractivity contribution in [2.45, 2.75) is 38.9 Å². The second-order valence-electron chi connectivity index (χ2n) is 6.25. The maximum Gasteiger partial charge on any atom is 0.234 e. The molecule has 1 aromatic rings. The Hall–Kier alpha value is -1.56. The van der Waals surface area contributed by atoms with Gasteiger partial charge in [0.1, 0.15) is 5.75 Å². The van der Waals surface area contributed by atoms with Crippen LogP contribution >= 0.6 is 15.9 Å². The molecule has 1 rings (SSSR count). The molecule has 0 radical (unpaired) electrons. The Balaban J connectivity index is 2.45. The Kier molecular flexibility index (Phi) is 7.55. The first kappa shape index (κ1) is 19.5. The lowest BCUT2D eigenvalue weighted by atomic mass is 9.92. The highest BCUT2D eigenvalue weighted by molar-refractivity contribution is 9.10. The summed E-state index contributed by atoms with van der Waals surface area (Å²) in [5.41, 5.74) is 0.460. The minimum Gasteiger partial charge on any atom is -0.492 e. The number of hydrogen-bond donors (Lipinski definition) is 2. The van der Waals surface area contributed by atoms with Crippen LogP contribution in [-0.2, 0) is 9.59 Å². The van der Waals surface area contributed by atoms with Crippen LogP contribution in [0.2, 0.25) is 0 Å². The van der Waals surface area contributed by atoms with E-state index in [2.05, 4.69) is 26.6 Å². The number of amides is 2. The monoisotopic (exact) mass is 384 g/mol. The minimum atomic E-state index is -0.295. The highest BCUT2D eigenvalue weighted by Crippen LogP contribution is 2.26. The molecule has 0 fully saturated rings. The van der Waals surface area contributed by atoms with Crippen LogP contribution in [0.3, 0.4) is 0 Å². The number of para-hydroxylation sites is 2. The molecule has 0 aliphatic rings.